The first-order chi connectivity index (χ1) is 13.9. The number of aromatic amines is 1. The van der Waals surface area contributed by atoms with Crippen LogP contribution in [0.4, 0.5) is 0 Å². The Labute approximate surface area is 170 Å². The number of likely N-dealkylation sites (tertiary alicyclic amines) is 1. The zero-order valence-corrected chi connectivity index (χ0v) is 17.1. The molecule has 3 rings (SSSR count). The van der Waals surface area contributed by atoms with Crippen molar-refractivity contribution >= 4 is 5.91 Å². The highest BCUT2D eigenvalue weighted by molar-refractivity contribution is 5.92. The predicted molar refractivity (Wildman–Crippen MR) is 111 cm³/mol. The van der Waals surface area contributed by atoms with E-state index in [4.69, 9.17) is 4.74 Å². The van der Waals surface area contributed by atoms with Crippen LogP contribution in [-0.4, -0.2) is 65.2 Å². The van der Waals surface area contributed by atoms with Crippen LogP contribution in [0, 0.1) is 0 Å². The zero-order chi connectivity index (χ0) is 20.9. The molecule has 7 nitrogen and oxygen atoms in total. The summed E-state index contributed by atoms with van der Waals surface area (Å²) >= 11 is 0. The summed E-state index contributed by atoms with van der Waals surface area (Å²) in [6.07, 6.45) is 1.85. The van der Waals surface area contributed by atoms with Gasteiger partial charge in [-0.1, -0.05) is 18.2 Å². The third-order valence-corrected chi connectivity index (χ3v) is 5.38. The number of benzene rings is 1. The number of hydrogen-bond donors (Lipinski definition) is 2. The minimum atomic E-state index is -0.847. The van der Waals surface area contributed by atoms with Crippen molar-refractivity contribution in [1.29, 1.82) is 0 Å². The van der Waals surface area contributed by atoms with Crippen LogP contribution >= 0.6 is 0 Å². The smallest absolute Gasteiger partial charge is 0.270 e. The van der Waals surface area contributed by atoms with Gasteiger partial charge in [0.05, 0.1) is 12.7 Å². The lowest BCUT2D eigenvalue weighted by Gasteiger charge is -2.31. The van der Waals surface area contributed by atoms with Gasteiger partial charge in [0.1, 0.15) is 11.4 Å². The van der Waals surface area contributed by atoms with Crippen LogP contribution in [-0.2, 0) is 6.54 Å². The molecule has 2 N–H and O–H groups in total. The summed E-state index contributed by atoms with van der Waals surface area (Å²) in [6.45, 7) is 2.28. The Bertz CT molecular complexity index is 880. The van der Waals surface area contributed by atoms with Crippen LogP contribution in [0.15, 0.2) is 47.3 Å². The van der Waals surface area contributed by atoms with E-state index in [0.29, 0.717) is 38.2 Å². The molecule has 2 aromatic rings. The number of nitrogens with one attached hydrogen (secondary N) is 1. The van der Waals surface area contributed by atoms with E-state index in [1.165, 1.54) is 6.07 Å². The molecule has 0 aliphatic carbocycles. The molecule has 1 amide bonds. The van der Waals surface area contributed by atoms with Gasteiger partial charge in [-0.3, -0.25) is 14.5 Å². The Morgan fingerprint density at radius 2 is 1.97 bits per heavy atom. The molecule has 1 atom stereocenters. The van der Waals surface area contributed by atoms with E-state index in [0.717, 1.165) is 24.3 Å². The van der Waals surface area contributed by atoms with E-state index in [1.807, 2.05) is 31.3 Å². The number of pyridine rings is 1. The summed E-state index contributed by atoms with van der Waals surface area (Å²) in [6, 6.07) is 12.5. The monoisotopic (exact) mass is 399 g/mol. The van der Waals surface area contributed by atoms with Crippen molar-refractivity contribution in [3.05, 3.63) is 64.1 Å². The minimum absolute atomic E-state index is 0.196. The van der Waals surface area contributed by atoms with Gasteiger partial charge < -0.3 is 19.7 Å². The van der Waals surface area contributed by atoms with Crippen molar-refractivity contribution < 1.29 is 14.6 Å². The molecule has 29 heavy (non-hydrogen) atoms. The number of rotatable bonds is 6. The first-order valence-electron chi connectivity index (χ1n) is 9.91. The molecule has 1 saturated heterocycles. The Morgan fingerprint density at radius 1 is 1.21 bits per heavy atom. The molecule has 0 radical (unpaired) electrons. The number of ether oxygens (including phenoxy) is 1. The second-order valence-corrected chi connectivity index (χ2v) is 7.82. The van der Waals surface area contributed by atoms with Crippen molar-refractivity contribution in [1.82, 2.24) is 14.8 Å². The SMILES string of the molecule is COc1ccc(CN(C)C[C@]2(O)CCCN(C(=O)c3cccc(=O)[nH]3)CC2)cc1. The highest BCUT2D eigenvalue weighted by Crippen LogP contribution is 2.25. The van der Waals surface area contributed by atoms with Crippen LogP contribution in [0.5, 0.6) is 5.75 Å². The first kappa shape index (κ1) is 21.1. The molecule has 1 aromatic carbocycles. The maximum absolute atomic E-state index is 12.7. The van der Waals surface area contributed by atoms with E-state index in [-0.39, 0.29) is 11.5 Å². The molecule has 1 aliphatic rings. The van der Waals surface area contributed by atoms with E-state index in [2.05, 4.69) is 9.88 Å². The minimum Gasteiger partial charge on any atom is -0.497 e. The molecule has 0 saturated carbocycles. The second-order valence-electron chi connectivity index (χ2n) is 7.82. The highest BCUT2D eigenvalue weighted by Gasteiger charge is 2.33. The second kappa shape index (κ2) is 9.24. The highest BCUT2D eigenvalue weighted by atomic mass is 16.5. The van der Waals surface area contributed by atoms with Crippen molar-refractivity contribution in [3.63, 3.8) is 0 Å². The average Bonchev–Trinajstić information content (AvgIpc) is 2.89. The van der Waals surface area contributed by atoms with Crippen molar-refractivity contribution in [2.45, 2.75) is 31.4 Å². The number of hydrogen-bond acceptors (Lipinski definition) is 5. The first-order valence-corrected chi connectivity index (χ1v) is 9.91. The average molecular weight is 399 g/mol. The number of aliphatic hydroxyl groups is 1. The fourth-order valence-corrected chi connectivity index (χ4v) is 3.88. The Morgan fingerprint density at radius 3 is 2.66 bits per heavy atom. The summed E-state index contributed by atoms with van der Waals surface area (Å²) in [4.78, 5) is 30.6. The Hall–Kier alpha value is -2.64. The van der Waals surface area contributed by atoms with Gasteiger partial charge in [0.25, 0.3) is 5.91 Å². The number of amides is 1. The molecule has 7 heteroatoms. The lowest BCUT2D eigenvalue weighted by atomic mass is 9.94. The summed E-state index contributed by atoms with van der Waals surface area (Å²) in [7, 11) is 3.64. The molecule has 1 aromatic heterocycles. The van der Waals surface area contributed by atoms with Crippen LogP contribution in [0.1, 0.15) is 35.3 Å². The maximum atomic E-state index is 12.7. The van der Waals surface area contributed by atoms with E-state index < -0.39 is 5.60 Å². The summed E-state index contributed by atoms with van der Waals surface area (Å²) in [5.41, 5.74) is 0.303. The van der Waals surface area contributed by atoms with Crippen molar-refractivity contribution in [3.8, 4) is 5.75 Å². The molecule has 0 bridgehead atoms. The lowest BCUT2D eigenvalue weighted by molar-refractivity contribution is -0.00402. The molecule has 0 spiro atoms. The van der Waals surface area contributed by atoms with E-state index in [1.54, 1.807) is 24.1 Å². The molecule has 0 unspecified atom stereocenters. The number of carbonyl (C=O) groups excluding carboxylic acids is 1. The van der Waals surface area contributed by atoms with Crippen LogP contribution in [0.2, 0.25) is 0 Å². The Kier molecular flexibility index (Phi) is 6.71. The molecule has 2 heterocycles. The molecule has 1 aliphatic heterocycles. The van der Waals surface area contributed by atoms with Crippen molar-refractivity contribution in [2.24, 2.45) is 0 Å². The van der Waals surface area contributed by atoms with Crippen LogP contribution in [0.3, 0.4) is 0 Å². The number of carbonyl (C=O) groups is 1. The summed E-state index contributed by atoms with van der Waals surface area (Å²) in [5.74, 6) is 0.627. The number of nitrogens with zero attached hydrogens (tertiary/aromatic N) is 2. The Balaban J connectivity index is 1.58. The predicted octanol–water partition coefficient (Wildman–Crippen LogP) is 1.87. The van der Waals surface area contributed by atoms with Gasteiger partial charge in [-0.25, -0.2) is 0 Å². The van der Waals surface area contributed by atoms with E-state index >= 15 is 0 Å². The van der Waals surface area contributed by atoms with E-state index in [9.17, 15) is 14.7 Å². The van der Waals surface area contributed by atoms with Gasteiger partial charge in [-0.2, -0.15) is 0 Å². The topological polar surface area (TPSA) is 85.9 Å². The third-order valence-electron chi connectivity index (χ3n) is 5.38. The lowest BCUT2D eigenvalue weighted by Crippen LogP contribution is -2.42. The zero-order valence-electron chi connectivity index (χ0n) is 17.1. The van der Waals surface area contributed by atoms with Gasteiger partial charge in [-0.15, -0.1) is 0 Å². The normalized spacial score (nSPS) is 19.8. The molecular weight excluding hydrogens is 370 g/mol. The van der Waals surface area contributed by atoms with Crippen molar-refractivity contribution in [2.75, 3.05) is 33.8 Å². The third kappa shape index (κ3) is 5.68. The molecular formula is C22H29N3O4. The largest absolute Gasteiger partial charge is 0.497 e. The number of aromatic nitrogens is 1. The van der Waals surface area contributed by atoms with Gasteiger partial charge in [-0.05, 0) is 50.1 Å². The van der Waals surface area contributed by atoms with Crippen LogP contribution < -0.4 is 10.3 Å². The quantitative estimate of drug-likeness (QED) is 0.775. The van der Waals surface area contributed by atoms with Crippen LogP contribution in [0.25, 0.3) is 0 Å². The number of H-pyrrole nitrogens is 1. The fraction of sp³-hybridized carbons (Fsp3) is 0.455. The number of likely N-dealkylation sites (N-methyl/N-ethyl adjacent to an activating group) is 1. The van der Waals surface area contributed by atoms with Gasteiger partial charge in [0.15, 0.2) is 0 Å². The fourth-order valence-electron chi connectivity index (χ4n) is 3.88. The summed E-state index contributed by atoms with van der Waals surface area (Å²) < 4.78 is 5.19. The van der Waals surface area contributed by atoms with Gasteiger partial charge >= 0.3 is 0 Å². The molecule has 1 fully saturated rings. The van der Waals surface area contributed by atoms with Gasteiger partial charge in [0, 0.05) is 32.2 Å². The standard InChI is InChI=1S/C22H29N3O4/c1-24(15-17-7-9-18(29-2)10-8-17)16-22(28)11-4-13-25(14-12-22)21(27)19-5-3-6-20(26)23-19/h3,5-10,28H,4,11-16H2,1-2H3,(H,23,26)/t22-/m0/s1. The maximum Gasteiger partial charge on any atom is 0.270 e. The van der Waals surface area contributed by atoms with Gasteiger partial charge in [0.2, 0.25) is 5.56 Å². The molecule has 156 valence electrons. The summed E-state index contributed by atoms with van der Waals surface area (Å²) in [5, 5.41) is 11.1. The number of methoxy groups -OCH3 is 1.